The number of nitrogens with zero attached hydrogens (tertiary/aromatic N) is 2. The molecule has 0 unspecified atom stereocenters. The zero-order valence-electron chi connectivity index (χ0n) is 15.1. The fourth-order valence-corrected chi connectivity index (χ4v) is 2.70. The summed E-state index contributed by atoms with van der Waals surface area (Å²) >= 11 is 0. The molecule has 0 spiro atoms. The lowest BCUT2D eigenvalue weighted by Crippen LogP contribution is -2.38. The highest BCUT2D eigenvalue weighted by Gasteiger charge is 2.33. The van der Waals surface area contributed by atoms with Crippen molar-refractivity contribution < 1.29 is 22.7 Å². The van der Waals surface area contributed by atoms with Gasteiger partial charge in [0.15, 0.2) is 0 Å². The van der Waals surface area contributed by atoms with Crippen LogP contribution in [-0.2, 0) is 6.54 Å². The molecule has 0 heterocycles. The highest BCUT2D eigenvalue weighted by atomic mass is 19.4. The van der Waals surface area contributed by atoms with Gasteiger partial charge in [0, 0.05) is 12.1 Å². The summed E-state index contributed by atoms with van der Waals surface area (Å²) in [6.45, 7) is -0.943. The predicted molar refractivity (Wildman–Crippen MR) is 96.6 cm³/mol. The number of halogens is 3. The molecule has 0 aromatic heterocycles. The van der Waals surface area contributed by atoms with Crippen molar-refractivity contribution in [1.82, 2.24) is 4.90 Å². The molecule has 7 heteroatoms. The van der Waals surface area contributed by atoms with Crippen LogP contribution in [0.2, 0.25) is 0 Å². The average Bonchev–Trinajstić information content (AvgIpc) is 3.50. The summed E-state index contributed by atoms with van der Waals surface area (Å²) in [4.78, 5) is 13.4. The molecule has 2 aromatic carbocycles. The molecular weight excluding hydrogens is 369 g/mol. The smallest absolute Gasteiger partial charge is 0.406 e. The van der Waals surface area contributed by atoms with Gasteiger partial charge in [-0.1, -0.05) is 12.1 Å². The van der Waals surface area contributed by atoms with Gasteiger partial charge in [-0.25, -0.2) is 0 Å². The fraction of sp³-hybridized carbons (Fsp3) is 0.333. The maximum Gasteiger partial charge on any atom is 0.406 e. The molecule has 1 aliphatic rings. The molecule has 3 rings (SSSR count). The van der Waals surface area contributed by atoms with Crippen molar-refractivity contribution in [1.29, 1.82) is 5.26 Å². The van der Waals surface area contributed by atoms with Crippen LogP contribution in [-0.4, -0.2) is 30.1 Å². The van der Waals surface area contributed by atoms with Crippen LogP contribution in [0.15, 0.2) is 48.5 Å². The van der Waals surface area contributed by atoms with Crippen LogP contribution in [0.1, 0.15) is 34.3 Å². The molecule has 0 atom stereocenters. The molecule has 0 aliphatic heterocycles. The number of hydrogen-bond acceptors (Lipinski definition) is 3. The van der Waals surface area contributed by atoms with E-state index in [-0.39, 0.29) is 12.1 Å². The zero-order valence-corrected chi connectivity index (χ0v) is 15.1. The van der Waals surface area contributed by atoms with Gasteiger partial charge in [0.25, 0.3) is 5.91 Å². The number of benzene rings is 2. The van der Waals surface area contributed by atoms with E-state index in [0.29, 0.717) is 29.4 Å². The van der Waals surface area contributed by atoms with Gasteiger partial charge >= 0.3 is 6.18 Å². The van der Waals surface area contributed by atoms with E-state index in [2.05, 4.69) is 0 Å². The maximum absolute atomic E-state index is 13.0. The topological polar surface area (TPSA) is 53.3 Å². The number of rotatable bonds is 7. The van der Waals surface area contributed by atoms with E-state index in [1.165, 1.54) is 24.3 Å². The largest absolute Gasteiger partial charge is 0.493 e. The van der Waals surface area contributed by atoms with Crippen molar-refractivity contribution in [2.45, 2.75) is 25.6 Å². The lowest BCUT2D eigenvalue weighted by molar-refractivity contribution is -0.141. The summed E-state index contributed by atoms with van der Waals surface area (Å²) in [5.41, 5.74) is 1.08. The summed E-state index contributed by atoms with van der Waals surface area (Å²) in [6, 6.07) is 14.2. The summed E-state index contributed by atoms with van der Waals surface area (Å²) in [7, 11) is 0. The van der Waals surface area contributed by atoms with Crippen molar-refractivity contribution in [3.05, 3.63) is 65.2 Å². The van der Waals surface area contributed by atoms with Gasteiger partial charge in [-0.05, 0) is 60.7 Å². The van der Waals surface area contributed by atoms with Crippen molar-refractivity contribution >= 4 is 5.91 Å². The Balaban J connectivity index is 1.72. The Bertz CT molecular complexity index is 851. The number of hydrogen-bond donors (Lipinski definition) is 0. The Labute approximate surface area is 161 Å². The number of amides is 1. The SMILES string of the molecule is N#Cc1ccc(CN(CC(F)(F)F)C(=O)c2ccc(OCC3CC3)cc2)cc1. The van der Waals surface area contributed by atoms with Crippen LogP contribution in [0.25, 0.3) is 0 Å². The van der Waals surface area contributed by atoms with Crippen molar-refractivity contribution in [2.24, 2.45) is 5.92 Å². The molecule has 0 N–H and O–H groups in total. The molecule has 2 aromatic rings. The van der Waals surface area contributed by atoms with Crippen molar-refractivity contribution in [2.75, 3.05) is 13.2 Å². The van der Waals surface area contributed by atoms with Gasteiger partial charge in [-0.2, -0.15) is 18.4 Å². The standard InChI is InChI=1S/C21H19F3N2O2/c22-21(23,24)14-26(12-16-3-1-15(11-25)2-4-16)20(27)18-7-9-19(10-8-18)28-13-17-5-6-17/h1-4,7-10,17H,5-6,12-14H2. The average molecular weight is 388 g/mol. The summed E-state index contributed by atoms with van der Waals surface area (Å²) < 4.78 is 44.6. The minimum atomic E-state index is -4.52. The Kier molecular flexibility index (Phi) is 5.88. The highest BCUT2D eigenvalue weighted by Crippen LogP contribution is 2.29. The van der Waals surface area contributed by atoms with Gasteiger partial charge in [0.2, 0.25) is 0 Å². The van der Waals surface area contributed by atoms with Gasteiger partial charge in [-0.3, -0.25) is 4.79 Å². The van der Waals surface area contributed by atoms with E-state index in [9.17, 15) is 18.0 Å². The Morgan fingerprint density at radius 3 is 2.29 bits per heavy atom. The van der Waals surface area contributed by atoms with E-state index in [0.717, 1.165) is 17.7 Å². The first-order valence-electron chi connectivity index (χ1n) is 8.92. The van der Waals surface area contributed by atoms with Crippen LogP contribution in [0.4, 0.5) is 13.2 Å². The van der Waals surface area contributed by atoms with Crippen molar-refractivity contribution in [3.63, 3.8) is 0 Å². The summed E-state index contributed by atoms with van der Waals surface area (Å²) in [6.07, 6.45) is -2.22. The lowest BCUT2D eigenvalue weighted by Gasteiger charge is -2.24. The summed E-state index contributed by atoms with van der Waals surface area (Å²) in [5, 5.41) is 8.82. The summed E-state index contributed by atoms with van der Waals surface area (Å²) in [5.74, 6) is 0.462. The first kappa shape index (κ1) is 19.7. The minimum absolute atomic E-state index is 0.164. The van der Waals surface area contributed by atoms with Gasteiger partial charge in [-0.15, -0.1) is 0 Å². The molecule has 28 heavy (non-hydrogen) atoms. The molecule has 1 amide bonds. The number of nitriles is 1. The van der Waals surface area contributed by atoms with E-state index in [4.69, 9.17) is 10.00 Å². The number of carbonyl (C=O) groups excluding carboxylic acids is 1. The minimum Gasteiger partial charge on any atom is -0.493 e. The molecule has 1 aliphatic carbocycles. The molecule has 1 saturated carbocycles. The van der Waals surface area contributed by atoms with Crippen LogP contribution in [0.5, 0.6) is 5.75 Å². The number of ether oxygens (including phenoxy) is 1. The third-order valence-corrected chi connectivity index (χ3v) is 4.40. The second kappa shape index (κ2) is 8.34. The highest BCUT2D eigenvalue weighted by molar-refractivity contribution is 5.94. The second-order valence-corrected chi connectivity index (χ2v) is 6.86. The molecule has 1 fully saturated rings. The molecule has 0 radical (unpaired) electrons. The molecule has 146 valence electrons. The molecular formula is C21H19F3N2O2. The Hall–Kier alpha value is -3.01. The first-order chi connectivity index (χ1) is 13.3. The quantitative estimate of drug-likeness (QED) is 0.699. The molecule has 0 saturated heterocycles. The van der Waals surface area contributed by atoms with Crippen LogP contribution in [0.3, 0.4) is 0 Å². The number of alkyl halides is 3. The third-order valence-electron chi connectivity index (χ3n) is 4.40. The predicted octanol–water partition coefficient (Wildman–Crippen LogP) is 4.55. The van der Waals surface area contributed by atoms with E-state index in [1.54, 1.807) is 24.3 Å². The fourth-order valence-electron chi connectivity index (χ4n) is 2.70. The third kappa shape index (κ3) is 5.74. The van der Waals surface area contributed by atoms with E-state index >= 15 is 0 Å². The monoisotopic (exact) mass is 388 g/mol. The second-order valence-electron chi connectivity index (χ2n) is 6.86. The normalized spacial score (nSPS) is 13.6. The van der Waals surface area contributed by atoms with E-state index < -0.39 is 18.6 Å². The Morgan fingerprint density at radius 2 is 1.75 bits per heavy atom. The maximum atomic E-state index is 13.0. The number of carbonyl (C=O) groups is 1. The van der Waals surface area contributed by atoms with Gasteiger partial charge in [0.05, 0.1) is 18.2 Å². The van der Waals surface area contributed by atoms with Gasteiger partial charge < -0.3 is 9.64 Å². The van der Waals surface area contributed by atoms with Crippen molar-refractivity contribution in [3.8, 4) is 11.8 Å². The van der Waals surface area contributed by atoms with Gasteiger partial charge in [0.1, 0.15) is 12.3 Å². The van der Waals surface area contributed by atoms with E-state index in [1.807, 2.05) is 6.07 Å². The van der Waals surface area contributed by atoms with Crippen LogP contribution in [0, 0.1) is 17.2 Å². The van der Waals surface area contributed by atoms with Crippen LogP contribution < -0.4 is 4.74 Å². The molecule has 0 bridgehead atoms. The first-order valence-corrected chi connectivity index (χ1v) is 8.92. The zero-order chi connectivity index (χ0) is 20.1. The Morgan fingerprint density at radius 1 is 1.11 bits per heavy atom. The van der Waals surface area contributed by atoms with Crippen LogP contribution >= 0.6 is 0 Å². The lowest BCUT2D eigenvalue weighted by atomic mass is 10.1. The molecule has 4 nitrogen and oxygen atoms in total.